The van der Waals surface area contributed by atoms with Crippen molar-refractivity contribution in [3.05, 3.63) is 60.7 Å². The molecule has 0 bridgehead atoms. The predicted octanol–water partition coefficient (Wildman–Crippen LogP) is 4.54. The van der Waals surface area contributed by atoms with E-state index in [4.69, 9.17) is 23.8 Å². The zero-order valence-corrected chi connectivity index (χ0v) is 18.5. The number of methoxy groups -OCH3 is 1. The van der Waals surface area contributed by atoms with Gasteiger partial charge in [0.25, 0.3) is 6.47 Å². The maximum atomic E-state index is 14.7. The fraction of sp³-hybridized carbons (Fsp3) is 0.240. The smallest absolute Gasteiger partial charge is 0.290 e. The van der Waals surface area contributed by atoms with Crippen LogP contribution in [0.4, 0.5) is 4.39 Å². The van der Waals surface area contributed by atoms with Crippen LogP contribution in [0.15, 0.2) is 59.3 Å². The summed E-state index contributed by atoms with van der Waals surface area (Å²) >= 11 is 0. The quantitative estimate of drug-likeness (QED) is 0.414. The fourth-order valence-corrected chi connectivity index (χ4v) is 3.94. The Hall–Kier alpha value is -3.98. The van der Waals surface area contributed by atoms with E-state index < -0.39 is 0 Å². The van der Waals surface area contributed by atoms with Crippen LogP contribution in [0.5, 0.6) is 11.6 Å². The number of ether oxygens (including phenoxy) is 2. The Bertz CT molecular complexity index is 1250. The van der Waals surface area contributed by atoms with Gasteiger partial charge in [0.15, 0.2) is 0 Å². The molecule has 1 fully saturated rings. The first-order valence-electron chi connectivity index (χ1n) is 10.8. The topological polar surface area (TPSA) is 107 Å². The minimum absolute atomic E-state index is 0.00220. The van der Waals surface area contributed by atoms with Crippen molar-refractivity contribution in [1.82, 2.24) is 15.3 Å². The number of halogens is 1. The maximum absolute atomic E-state index is 14.7. The Morgan fingerprint density at radius 3 is 2.62 bits per heavy atom. The van der Waals surface area contributed by atoms with Crippen LogP contribution in [-0.2, 0) is 4.79 Å². The molecule has 1 atom stereocenters. The third kappa shape index (κ3) is 4.84. The highest BCUT2D eigenvalue weighted by molar-refractivity contribution is 6.03. The number of benzene rings is 2. The van der Waals surface area contributed by atoms with Gasteiger partial charge in [-0.05, 0) is 49.2 Å². The average molecular weight is 465 g/mol. The molecule has 4 aromatic rings. The molecular formula is C25H24FN3O5. The average Bonchev–Trinajstić information content (AvgIpc) is 3.26. The molecule has 1 aliphatic rings. The molecule has 0 aliphatic carbocycles. The van der Waals surface area contributed by atoms with Crippen LogP contribution >= 0.6 is 0 Å². The lowest BCUT2D eigenvalue weighted by Crippen LogP contribution is -2.37. The van der Waals surface area contributed by atoms with Gasteiger partial charge < -0.3 is 24.3 Å². The van der Waals surface area contributed by atoms with Crippen LogP contribution in [0, 0.1) is 5.82 Å². The van der Waals surface area contributed by atoms with Gasteiger partial charge >= 0.3 is 0 Å². The monoisotopic (exact) mass is 465 g/mol. The van der Waals surface area contributed by atoms with E-state index in [1.807, 2.05) is 24.3 Å². The molecule has 0 amide bonds. The fourth-order valence-electron chi connectivity index (χ4n) is 3.94. The van der Waals surface area contributed by atoms with E-state index in [2.05, 4.69) is 15.3 Å². The summed E-state index contributed by atoms with van der Waals surface area (Å²) in [5, 5.41) is 10.9. The van der Waals surface area contributed by atoms with Crippen LogP contribution in [0.1, 0.15) is 12.8 Å². The van der Waals surface area contributed by atoms with Crippen LogP contribution < -0.4 is 14.8 Å². The summed E-state index contributed by atoms with van der Waals surface area (Å²) in [7, 11) is 1.62. The number of nitrogens with zero attached hydrogens (tertiary/aromatic N) is 2. The van der Waals surface area contributed by atoms with Crippen LogP contribution in [0.3, 0.4) is 0 Å². The van der Waals surface area contributed by atoms with Crippen molar-refractivity contribution >= 4 is 17.6 Å². The summed E-state index contributed by atoms with van der Waals surface area (Å²) in [6.07, 6.45) is 3.40. The number of carboxylic acid groups (broad SMARTS) is 1. The highest BCUT2D eigenvalue weighted by Crippen LogP contribution is 2.44. The van der Waals surface area contributed by atoms with Gasteiger partial charge in [0, 0.05) is 12.1 Å². The number of fused-ring (bicyclic) bond motifs is 1. The number of rotatable bonds is 5. The normalized spacial score (nSPS) is 15.3. The van der Waals surface area contributed by atoms with Gasteiger partial charge in [0.05, 0.1) is 12.7 Å². The molecule has 2 N–H and O–H groups in total. The van der Waals surface area contributed by atoms with Crippen molar-refractivity contribution in [1.29, 1.82) is 0 Å². The number of furan rings is 1. The molecule has 5 rings (SSSR count). The van der Waals surface area contributed by atoms with E-state index in [0.29, 0.717) is 33.9 Å². The van der Waals surface area contributed by atoms with Gasteiger partial charge in [-0.25, -0.2) is 14.4 Å². The van der Waals surface area contributed by atoms with Gasteiger partial charge in [-0.15, -0.1) is 0 Å². The molecule has 3 heterocycles. The minimum Gasteiger partial charge on any atom is -0.497 e. The van der Waals surface area contributed by atoms with Crippen molar-refractivity contribution < 1.29 is 28.2 Å². The molecule has 0 radical (unpaired) electrons. The Morgan fingerprint density at radius 2 is 1.94 bits per heavy atom. The second-order valence-electron chi connectivity index (χ2n) is 7.57. The molecule has 1 saturated heterocycles. The van der Waals surface area contributed by atoms with E-state index in [9.17, 15) is 4.39 Å². The number of piperidine rings is 1. The van der Waals surface area contributed by atoms with E-state index in [-0.39, 0.29) is 18.4 Å². The van der Waals surface area contributed by atoms with E-state index in [0.717, 1.165) is 37.2 Å². The van der Waals surface area contributed by atoms with E-state index in [1.165, 1.54) is 12.4 Å². The number of nitrogens with one attached hydrogen (secondary N) is 1. The van der Waals surface area contributed by atoms with Crippen molar-refractivity contribution in [3.63, 3.8) is 0 Å². The molecule has 8 nitrogen and oxygen atoms in total. The highest BCUT2D eigenvalue weighted by atomic mass is 19.1. The third-order valence-electron chi connectivity index (χ3n) is 5.48. The molecule has 1 aliphatic heterocycles. The lowest BCUT2D eigenvalue weighted by Gasteiger charge is -2.23. The summed E-state index contributed by atoms with van der Waals surface area (Å²) in [6, 6.07) is 14.1. The van der Waals surface area contributed by atoms with Crippen LogP contribution in [-0.4, -0.2) is 47.8 Å². The number of hydrogen-bond acceptors (Lipinski definition) is 7. The zero-order chi connectivity index (χ0) is 23.9. The summed E-state index contributed by atoms with van der Waals surface area (Å²) in [5.41, 5.74) is 2.25. The standard InChI is InChI=1S/C24H22FN3O3.CH2O2/c1-29-16-10-8-15(9-11-16)20-21-23(30-17-5-4-12-26-13-17)27-14-28-24(21)31-22(20)18-6-2-3-7-19(18)25;2-1-3/h2-3,6-11,14,17,26H,4-5,12-13H2,1H3;1H,(H,2,3)/t17-;/m1./s1. The third-order valence-corrected chi connectivity index (χ3v) is 5.48. The largest absolute Gasteiger partial charge is 0.497 e. The summed E-state index contributed by atoms with van der Waals surface area (Å²) in [5.74, 6) is 1.19. The summed E-state index contributed by atoms with van der Waals surface area (Å²) in [4.78, 5) is 17.1. The Labute approximate surface area is 195 Å². The molecule has 0 spiro atoms. The van der Waals surface area contributed by atoms with Gasteiger partial charge in [-0.3, -0.25) is 4.79 Å². The van der Waals surface area contributed by atoms with Gasteiger partial charge in [-0.1, -0.05) is 24.3 Å². The lowest BCUT2D eigenvalue weighted by atomic mass is 9.99. The zero-order valence-electron chi connectivity index (χ0n) is 18.5. The summed E-state index contributed by atoms with van der Waals surface area (Å²) in [6.45, 7) is 1.49. The Balaban J connectivity index is 0.000000868. The number of aromatic nitrogens is 2. The van der Waals surface area contributed by atoms with Crippen molar-refractivity contribution in [2.45, 2.75) is 18.9 Å². The lowest BCUT2D eigenvalue weighted by molar-refractivity contribution is -0.122. The van der Waals surface area contributed by atoms with Crippen molar-refractivity contribution in [2.75, 3.05) is 20.2 Å². The molecule has 0 unspecified atom stereocenters. The SMILES string of the molecule is COc1ccc(-c2c(-c3ccccc3F)oc3ncnc(O[C@@H]4CCCNC4)c23)cc1.O=CO. The Kier molecular flexibility index (Phi) is 7.34. The van der Waals surface area contributed by atoms with Crippen LogP contribution in [0.2, 0.25) is 0 Å². The van der Waals surface area contributed by atoms with Crippen LogP contribution in [0.25, 0.3) is 33.6 Å². The molecule has 176 valence electrons. The Morgan fingerprint density at radius 1 is 1.18 bits per heavy atom. The molecular weight excluding hydrogens is 441 g/mol. The van der Waals surface area contributed by atoms with Gasteiger partial charge in [0.1, 0.15) is 35.1 Å². The van der Waals surface area contributed by atoms with E-state index >= 15 is 0 Å². The molecule has 9 heteroatoms. The maximum Gasteiger partial charge on any atom is 0.290 e. The molecule has 2 aromatic heterocycles. The van der Waals surface area contributed by atoms with Gasteiger partial charge in [-0.2, -0.15) is 0 Å². The van der Waals surface area contributed by atoms with Gasteiger partial charge in [0.2, 0.25) is 11.6 Å². The second kappa shape index (κ2) is 10.8. The first-order chi connectivity index (χ1) is 16.7. The minimum atomic E-state index is -0.372. The molecule has 0 saturated carbocycles. The number of carbonyl (C=O) groups is 1. The molecule has 34 heavy (non-hydrogen) atoms. The first-order valence-corrected chi connectivity index (χ1v) is 10.8. The van der Waals surface area contributed by atoms with Crippen molar-refractivity contribution in [3.8, 4) is 34.1 Å². The highest BCUT2D eigenvalue weighted by Gasteiger charge is 2.26. The predicted molar refractivity (Wildman–Crippen MR) is 124 cm³/mol. The summed E-state index contributed by atoms with van der Waals surface area (Å²) < 4.78 is 32.4. The van der Waals surface area contributed by atoms with E-state index in [1.54, 1.807) is 25.3 Å². The molecule has 2 aromatic carbocycles. The second-order valence-corrected chi connectivity index (χ2v) is 7.57. The first kappa shape index (κ1) is 23.2. The number of hydrogen-bond donors (Lipinski definition) is 2. The van der Waals surface area contributed by atoms with Crippen molar-refractivity contribution in [2.24, 2.45) is 0 Å².